The SMILES string of the molecule is CCC1=CCCN(C)CC1(C)C. The Bertz CT molecular complexity index is 179. The van der Waals surface area contributed by atoms with Crippen LogP contribution in [-0.4, -0.2) is 25.0 Å². The van der Waals surface area contributed by atoms with Crippen molar-refractivity contribution in [1.82, 2.24) is 4.90 Å². The molecule has 0 radical (unpaired) electrons. The van der Waals surface area contributed by atoms with Crippen molar-refractivity contribution in [2.45, 2.75) is 33.6 Å². The fourth-order valence-corrected chi connectivity index (χ4v) is 2.21. The van der Waals surface area contributed by atoms with Crippen molar-refractivity contribution in [3.8, 4) is 0 Å². The summed E-state index contributed by atoms with van der Waals surface area (Å²) in [6, 6.07) is 0. The van der Waals surface area contributed by atoms with Crippen LogP contribution in [0.5, 0.6) is 0 Å². The second-order valence-electron chi connectivity index (χ2n) is 4.49. The number of rotatable bonds is 1. The molecule has 0 spiro atoms. The maximum Gasteiger partial charge on any atom is 0.00671 e. The minimum Gasteiger partial charge on any atom is -0.305 e. The van der Waals surface area contributed by atoms with Crippen LogP contribution in [0, 0.1) is 5.41 Å². The molecule has 0 N–H and O–H groups in total. The van der Waals surface area contributed by atoms with Crippen LogP contribution in [0.1, 0.15) is 33.6 Å². The molecule has 0 amide bonds. The molecule has 0 saturated heterocycles. The first kappa shape index (κ1) is 9.79. The molecule has 0 saturated carbocycles. The second kappa shape index (κ2) is 3.61. The molecular weight excluding hydrogens is 146 g/mol. The number of nitrogens with zero attached hydrogens (tertiary/aromatic N) is 1. The Labute approximate surface area is 76.5 Å². The molecule has 1 rings (SSSR count). The van der Waals surface area contributed by atoms with Gasteiger partial charge in [0, 0.05) is 13.1 Å². The quantitative estimate of drug-likeness (QED) is 0.543. The van der Waals surface area contributed by atoms with Gasteiger partial charge in [-0.15, -0.1) is 0 Å². The zero-order chi connectivity index (χ0) is 9.19. The van der Waals surface area contributed by atoms with E-state index in [0.717, 1.165) is 0 Å². The van der Waals surface area contributed by atoms with E-state index in [9.17, 15) is 0 Å². The van der Waals surface area contributed by atoms with Crippen molar-refractivity contribution < 1.29 is 0 Å². The molecule has 1 heteroatoms. The summed E-state index contributed by atoms with van der Waals surface area (Å²) in [6.07, 6.45) is 4.87. The van der Waals surface area contributed by atoms with E-state index in [1.165, 1.54) is 25.9 Å². The highest BCUT2D eigenvalue weighted by Crippen LogP contribution is 2.31. The van der Waals surface area contributed by atoms with Gasteiger partial charge in [0.15, 0.2) is 0 Å². The van der Waals surface area contributed by atoms with Gasteiger partial charge in [-0.3, -0.25) is 0 Å². The molecule has 0 atom stereocenters. The molecule has 0 unspecified atom stereocenters. The van der Waals surface area contributed by atoms with E-state index < -0.39 is 0 Å². The normalized spacial score (nSPS) is 24.8. The standard InChI is InChI=1S/C11H21N/c1-5-10-7-6-8-12(4)9-11(10,2)3/h7H,5-6,8-9H2,1-4H3. The molecule has 0 aliphatic carbocycles. The minimum atomic E-state index is 0.389. The highest BCUT2D eigenvalue weighted by molar-refractivity contribution is 5.14. The monoisotopic (exact) mass is 167 g/mol. The predicted molar refractivity (Wildman–Crippen MR) is 54.3 cm³/mol. The highest BCUT2D eigenvalue weighted by Gasteiger charge is 2.25. The van der Waals surface area contributed by atoms with Gasteiger partial charge in [0.25, 0.3) is 0 Å². The molecule has 0 aromatic heterocycles. The van der Waals surface area contributed by atoms with Crippen LogP contribution in [0.3, 0.4) is 0 Å². The fraction of sp³-hybridized carbons (Fsp3) is 0.818. The summed E-state index contributed by atoms with van der Waals surface area (Å²) in [7, 11) is 2.22. The Morgan fingerprint density at radius 2 is 2.17 bits per heavy atom. The van der Waals surface area contributed by atoms with Crippen LogP contribution in [0.15, 0.2) is 11.6 Å². The van der Waals surface area contributed by atoms with Gasteiger partial charge in [-0.2, -0.15) is 0 Å². The van der Waals surface area contributed by atoms with E-state index in [1.807, 2.05) is 0 Å². The van der Waals surface area contributed by atoms with Crippen LogP contribution in [0.4, 0.5) is 0 Å². The van der Waals surface area contributed by atoms with Crippen molar-refractivity contribution >= 4 is 0 Å². The third-order valence-corrected chi connectivity index (χ3v) is 2.82. The van der Waals surface area contributed by atoms with Crippen molar-refractivity contribution in [3.63, 3.8) is 0 Å². The number of hydrogen-bond acceptors (Lipinski definition) is 1. The molecule has 0 bridgehead atoms. The minimum absolute atomic E-state index is 0.389. The number of hydrogen-bond donors (Lipinski definition) is 0. The summed E-state index contributed by atoms with van der Waals surface area (Å²) >= 11 is 0. The van der Waals surface area contributed by atoms with Crippen LogP contribution in [0.25, 0.3) is 0 Å². The van der Waals surface area contributed by atoms with Crippen molar-refractivity contribution in [2.75, 3.05) is 20.1 Å². The molecule has 1 nitrogen and oxygen atoms in total. The summed E-state index contributed by atoms with van der Waals surface area (Å²) in [5.41, 5.74) is 2.02. The van der Waals surface area contributed by atoms with Crippen molar-refractivity contribution in [1.29, 1.82) is 0 Å². The van der Waals surface area contributed by atoms with Gasteiger partial charge in [-0.25, -0.2) is 0 Å². The van der Waals surface area contributed by atoms with Gasteiger partial charge in [-0.1, -0.05) is 32.4 Å². The molecule has 1 aliphatic heterocycles. The average molecular weight is 167 g/mol. The summed E-state index contributed by atoms with van der Waals surface area (Å²) in [5.74, 6) is 0. The molecular formula is C11H21N. The summed E-state index contributed by atoms with van der Waals surface area (Å²) in [5, 5.41) is 0. The first-order chi connectivity index (χ1) is 5.56. The van der Waals surface area contributed by atoms with Crippen LogP contribution in [-0.2, 0) is 0 Å². The third-order valence-electron chi connectivity index (χ3n) is 2.82. The van der Waals surface area contributed by atoms with Gasteiger partial charge in [0.05, 0.1) is 0 Å². The van der Waals surface area contributed by atoms with Crippen molar-refractivity contribution in [3.05, 3.63) is 11.6 Å². The molecule has 0 aromatic rings. The predicted octanol–water partition coefficient (Wildman–Crippen LogP) is 2.68. The van der Waals surface area contributed by atoms with Crippen LogP contribution in [0.2, 0.25) is 0 Å². The Hall–Kier alpha value is -0.300. The van der Waals surface area contributed by atoms with E-state index in [4.69, 9.17) is 0 Å². The average Bonchev–Trinajstić information content (AvgIpc) is 2.07. The van der Waals surface area contributed by atoms with Gasteiger partial charge < -0.3 is 4.90 Å². The van der Waals surface area contributed by atoms with Gasteiger partial charge in [-0.05, 0) is 25.3 Å². The van der Waals surface area contributed by atoms with E-state index >= 15 is 0 Å². The van der Waals surface area contributed by atoms with Gasteiger partial charge >= 0.3 is 0 Å². The zero-order valence-electron chi connectivity index (χ0n) is 8.85. The second-order valence-corrected chi connectivity index (χ2v) is 4.49. The summed E-state index contributed by atoms with van der Waals surface area (Å²) in [6.45, 7) is 9.38. The summed E-state index contributed by atoms with van der Waals surface area (Å²) < 4.78 is 0. The Morgan fingerprint density at radius 3 is 2.75 bits per heavy atom. The first-order valence-electron chi connectivity index (χ1n) is 4.94. The topological polar surface area (TPSA) is 3.24 Å². The highest BCUT2D eigenvalue weighted by atomic mass is 15.1. The first-order valence-corrected chi connectivity index (χ1v) is 4.94. The lowest BCUT2D eigenvalue weighted by Gasteiger charge is -2.29. The molecule has 1 heterocycles. The van der Waals surface area contributed by atoms with E-state index in [-0.39, 0.29) is 0 Å². The molecule has 12 heavy (non-hydrogen) atoms. The smallest absolute Gasteiger partial charge is 0.00671 e. The Balaban J connectivity index is 2.77. The lowest BCUT2D eigenvalue weighted by molar-refractivity contribution is 0.252. The lowest BCUT2D eigenvalue weighted by Crippen LogP contribution is -2.31. The zero-order valence-corrected chi connectivity index (χ0v) is 8.85. The molecule has 0 fully saturated rings. The van der Waals surface area contributed by atoms with E-state index in [0.29, 0.717) is 5.41 Å². The molecule has 0 aromatic carbocycles. The maximum atomic E-state index is 2.43. The molecule has 1 aliphatic rings. The van der Waals surface area contributed by atoms with Crippen molar-refractivity contribution in [2.24, 2.45) is 5.41 Å². The largest absolute Gasteiger partial charge is 0.305 e. The lowest BCUT2D eigenvalue weighted by atomic mass is 9.82. The van der Waals surface area contributed by atoms with E-state index in [1.54, 1.807) is 5.57 Å². The van der Waals surface area contributed by atoms with E-state index in [2.05, 4.69) is 38.8 Å². The van der Waals surface area contributed by atoms with Crippen LogP contribution < -0.4 is 0 Å². The maximum absolute atomic E-state index is 2.43. The fourth-order valence-electron chi connectivity index (χ4n) is 2.21. The Kier molecular flexibility index (Phi) is 2.94. The summed E-state index contributed by atoms with van der Waals surface area (Å²) in [4.78, 5) is 2.43. The van der Waals surface area contributed by atoms with Gasteiger partial charge in [0.2, 0.25) is 0 Å². The molecule has 70 valence electrons. The van der Waals surface area contributed by atoms with Gasteiger partial charge in [0.1, 0.15) is 0 Å². The van der Waals surface area contributed by atoms with Crippen LogP contribution >= 0.6 is 0 Å². The Morgan fingerprint density at radius 1 is 1.50 bits per heavy atom. The third kappa shape index (κ3) is 2.10.